The highest BCUT2D eigenvalue weighted by Gasteiger charge is 2.30. The van der Waals surface area contributed by atoms with Crippen molar-refractivity contribution in [3.8, 4) is 11.1 Å². The number of nitrogens with zero attached hydrogens (tertiary/aromatic N) is 5. The molecule has 6 rings (SSSR count). The molecule has 0 unspecified atom stereocenters. The summed E-state index contributed by atoms with van der Waals surface area (Å²) in [6.45, 7) is 2.76. The molecule has 0 spiro atoms. The van der Waals surface area contributed by atoms with Crippen molar-refractivity contribution in [3.05, 3.63) is 129 Å². The lowest BCUT2D eigenvalue weighted by molar-refractivity contribution is -0.137. The van der Waals surface area contributed by atoms with E-state index in [0.717, 1.165) is 58.7 Å². The first kappa shape index (κ1) is 28.9. The standard InChI is InChI=1S/C32H27F4N5OS/c1-20-38-39-29(40(20)17-21-5-9-23(10-6-21)24-11-13-25(14-12-24)32(34,35)36)18-41-28-4-2-3-27(28)30(42)37-31(41)43-19-22-7-15-26(33)16-8-22/h5-16H,2-4,17-19H2,1H3. The Morgan fingerprint density at radius 3 is 2.14 bits per heavy atom. The quantitative estimate of drug-likeness (QED) is 0.110. The van der Waals surface area contributed by atoms with Crippen molar-refractivity contribution in [3.63, 3.8) is 0 Å². The van der Waals surface area contributed by atoms with E-state index in [1.807, 2.05) is 35.8 Å². The minimum absolute atomic E-state index is 0.198. The van der Waals surface area contributed by atoms with Crippen molar-refractivity contribution in [2.24, 2.45) is 0 Å². The number of fused-ring (bicyclic) bond motifs is 1. The summed E-state index contributed by atoms with van der Waals surface area (Å²) in [6, 6.07) is 19.1. The van der Waals surface area contributed by atoms with Crippen LogP contribution >= 0.6 is 11.8 Å². The molecule has 0 radical (unpaired) electrons. The predicted molar refractivity (Wildman–Crippen MR) is 156 cm³/mol. The molecule has 6 nitrogen and oxygen atoms in total. The summed E-state index contributed by atoms with van der Waals surface area (Å²) < 4.78 is 56.3. The lowest BCUT2D eigenvalue weighted by Crippen LogP contribution is -2.23. The van der Waals surface area contributed by atoms with E-state index in [4.69, 9.17) is 0 Å². The highest BCUT2D eigenvalue weighted by atomic mass is 32.2. The molecule has 0 atom stereocenters. The second-order valence-corrected chi connectivity index (χ2v) is 11.4. The molecule has 5 aromatic rings. The van der Waals surface area contributed by atoms with Crippen LogP contribution in [-0.2, 0) is 37.9 Å². The Hall–Kier alpha value is -4.25. The van der Waals surface area contributed by atoms with Crippen LogP contribution in [0.25, 0.3) is 11.1 Å². The maximum atomic E-state index is 13.4. The topological polar surface area (TPSA) is 65.6 Å². The minimum Gasteiger partial charge on any atom is -0.316 e. The second kappa shape index (κ2) is 11.8. The highest BCUT2D eigenvalue weighted by Crippen LogP contribution is 2.31. The zero-order valence-corrected chi connectivity index (χ0v) is 24.1. The van der Waals surface area contributed by atoms with Crippen LogP contribution in [0.5, 0.6) is 0 Å². The Balaban J connectivity index is 1.24. The van der Waals surface area contributed by atoms with Crippen LogP contribution in [0, 0.1) is 12.7 Å². The summed E-state index contributed by atoms with van der Waals surface area (Å²) in [5.74, 6) is 1.67. The van der Waals surface area contributed by atoms with Gasteiger partial charge in [-0.15, -0.1) is 10.2 Å². The number of hydrogen-bond acceptors (Lipinski definition) is 5. The molecule has 0 fully saturated rings. The molecule has 3 aromatic carbocycles. The second-order valence-electron chi connectivity index (χ2n) is 10.5. The van der Waals surface area contributed by atoms with E-state index in [2.05, 4.69) is 19.7 Å². The molecule has 220 valence electrons. The van der Waals surface area contributed by atoms with E-state index < -0.39 is 11.7 Å². The molecular formula is C32H27F4N5OS. The fourth-order valence-electron chi connectivity index (χ4n) is 5.31. The molecule has 2 aromatic heterocycles. The van der Waals surface area contributed by atoms with Gasteiger partial charge in [-0.25, -0.2) is 4.39 Å². The van der Waals surface area contributed by atoms with Crippen LogP contribution in [0.15, 0.2) is 82.7 Å². The average Bonchev–Trinajstić information content (AvgIpc) is 3.62. The van der Waals surface area contributed by atoms with Gasteiger partial charge in [0.2, 0.25) is 0 Å². The molecule has 0 bridgehead atoms. The van der Waals surface area contributed by atoms with Gasteiger partial charge in [-0.2, -0.15) is 18.2 Å². The molecule has 0 aliphatic heterocycles. The van der Waals surface area contributed by atoms with Crippen molar-refractivity contribution in [2.45, 2.75) is 56.4 Å². The molecular weight excluding hydrogens is 578 g/mol. The van der Waals surface area contributed by atoms with Gasteiger partial charge in [0.15, 0.2) is 11.0 Å². The minimum atomic E-state index is -4.37. The van der Waals surface area contributed by atoms with Gasteiger partial charge in [0.05, 0.1) is 18.7 Å². The largest absolute Gasteiger partial charge is 0.416 e. The summed E-state index contributed by atoms with van der Waals surface area (Å²) in [5.41, 5.74) is 4.25. The zero-order valence-electron chi connectivity index (χ0n) is 23.2. The number of hydrogen-bond donors (Lipinski definition) is 0. The molecule has 2 heterocycles. The van der Waals surface area contributed by atoms with Crippen molar-refractivity contribution >= 4 is 11.8 Å². The van der Waals surface area contributed by atoms with Crippen molar-refractivity contribution in [1.29, 1.82) is 0 Å². The maximum Gasteiger partial charge on any atom is 0.416 e. The summed E-state index contributed by atoms with van der Waals surface area (Å²) >= 11 is 1.43. The predicted octanol–water partition coefficient (Wildman–Crippen LogP) is 6.85. The van der Waals surface area contributed by atoms with Crippen LogP contribution in [0.2, 0.25) is 0 Å². The van der Waals surface area contributed by atoms with Crippen molar-refractivity contribution < 1.29 is 17.6 Å². The average molecular weight is 606 g/mol. The Morgan fingerprint density at radius 2 is 1.47 bits per heavy atom. The molecule has 0 N–H and O–H groups in total. The number of aromatic nitrogens is 5. The van der Waals surface area contributed by atoms with Crippen LogP contribution in [0.3, 0.4) is 0 Å². The van der Waals surface area contributed by atoms with Crippen LogP contribution in [0.4, 0.5) is 17.6 Å². The van der Waals surface area contributed by atoms with Crippen LogP contribution < -0.4 is 5.56 Å². The van der Waals surface area contributed by atoms with Gasteiger partial charge >= 0.3 is 6.18 Å². The molecule has 0 amide bonds. The van der Waals surface area contributed by atoms with E-state index in [0.29, 0.717) is 41.8 Å². The van der Waals surface area contributed by atoms with E-state index in [-0.39, 0.29) is 11.4 Å². The first-order chi connectivity index (χ1) is 20.7. The molecule has 43 heavy (non-hydrogen) atoms. The summed E-state index contributed by atoms with van der Waals surface area (Å²) in [6.07, 6.45) is -2.02. The first-order valence-electron chi connectivity index (χ1n) is 13.8. The van der Waals surface area contributed by atoms with E-state index in [9.17, 15) is 22.4 Å². The van der Waals surface area contributed by atoms with E-state index in [1.165, 1.54) is 36.0 Å². The third kappa shape index (κ3) is 6.27. The lowest BCUT2D eigenvalue weighted by atomic mass is 10.0. The fourth-order valence-corrected chi connectivity index (χ4v) is 6.28. The van der Waals surface area contributed by atoms with Gasteiger partial charge in [-0.1, -0.05) is 60.3 Å². The van der Waals surface area contributed by atoms with Crippen LogP contribution in [-0.4, -0.2) is 24.3 Å². The number of rotatable bonds is 8. The van der Waals surface area contributed by atoms with Gasteiger partial charge in [0.25, 0.3) is 5.56 Å². The van der Waals surface area contributed by atoms with Gasteiger partial charge in [-0.05, 0) is 72.7 Å². The number of benzene rings is 3. The Bertz CT molecular complexity index is 1810. The SMILES string of the molecule is Cc1nnc(Cn2c(SCc3ccc(F)cc3)nc(=O)c3c2CCC3)n1Cc1ccc(-c2ccc(C(F)(F)F)cc2)cc1. The van der Waals surface area contributed by atoms with Crippen molar-refractivity contribution in [1.82, 2.24) is 24.3 Å². The van der Waals surface area contributed by atoms with Gasteiger partial charge in [-0.3, -0.25) is 4.79 Å². The Labute approximate surface area is 249 Å². The zero-order chi connectivity index (χ0) is 30.1. The molecule has 0 saturated heterocycles. The summed E-state index contributed by atoms with van der Waals surface area (Å²) in [7, 11) is 0. The molecule has 1 aliphatic carbocycles. The van der Waals surface area contributed by atoms with E-state index >= 15 is 0 Å². The van der Waals surface area contributed by atoms with Crippen LogP contribution in [0.1, 0.15) is 46.0 Å². The molecule has 11 heteroatoms. The maximum absolute atomic E-state index is 13.4. The first-order valence-corrected chi connectivity index (χ1v) is 14.8. The molecule has 0 saturated carbocycles. The van der Waals surface area contributed by atoms with E-state index in [1.54, 1.807) is 12.1 Å². The third-order valence-corrected chi connectivity index (χ3v) is 8.68. The van der Waals surface area contributed by atoms with Gasteiger partial charge in [0, 0.05) is 17.0 Å². The summed E-state index contributed by atoms with van der Waals surface area (Å²) in [5, 5.41) is 9.37. The number of halogens is 4. The fraction of sp³-hybridized carbons (Fsp3) is 0.250. The molecule has 1 aliphatic rings. The number of thioether (sulfide) groups is 1. The normalized spacial score (nSPS) is 13.0. The van der Waals surface area contributed by atoms with Gasteiger partial charge < -0.3 is 9.13 Å². The Morgan fingerprint density at radius 1 is 0.814 bits per heavy atom. The monoisotopic (exact) mass is 605 g/mol. The summed E-state index contributed by atoms with van der Waals surface area (Å²) in [4.78, 5) is 17.3. The Kier molecular flexibility index (Phi) is 7.91. The van der Waals surface area contributed by atoms with Crippen molar-refractivity contribution in [2.75, 3.05) is 0 Å². The number of alkyl halides is 3. The highest BCUT2D eigenvalue weighted by molar-refractivity contribution is 7.98. The lowest BCUT2D eigenvalue weighted by Gasteiger charge is -2.18. The third-order valence-electron chi connectivity index (χ3n) is 7.63. The number of aryl methyl sites for hydroxylation is 1. The van der Waals surface area contributed by atoms with Gasteiger partial charge in [0.1, 0.15) is 11.6 Å². The smallest absolute Gasteiger partial charge is 0.316 e.